The maximum atomic E-state index is 12.6. The van der Waals surface area contributed by atoms with Crippen LogP contribution < -0.4 is 0 Å². The van der Waals surface area contributed by atoms with E-state index in [4.69, 9.17) is 4.74 Å². The number of hydrogen-bond acceptors (Lipinski definition) is 3. The lowest BCUT2D eigenvalue weighted by Crippen LogP contribution is -2.58. The Balaban J connectivity index is 1.66. The summed E-state index contributed by atoms with van der Waals surface area (Å²) >= 11 is 0. The Labute approximate surface area is 130 Å². The summed E-state index contributed by atoms with van der Waals surface area (Å²) in [6.07, 6.45) is 3.48. The topological polar surface area (TPSA) is 54.8 Å². The molecule has 1 spiro atoms. The van der Waals surface area contributed by atoms with Gasteiger partial charge in [-0.25, -0.2) is 0 Å². The van der Waals surface area contributed by atoms with Crippen molar-refractivity contribution in [3.8, 4) is 0 Å². The van der Waals surface area contributed by atoms with Crippen molar-refractivity contribution in [1.29, 1.82) is 0 Å². The molecule has 0 unspecified atom stereocenters. The normalized spacial score (nSPS) is 21.5. The lowest BCUT2D eigenvalue weighted by molar-refractivity contribution is -0.167. The van der Waals surface area contributed by atoms with E-state index in [2.05, 4.69) is 0 Å². The van der Waals surface area contributed by atoms with Crippen LogP contribution in [0.2, 0.25) is 0 Å². The second-order valence-electron chi connectivity index (χ2n) is 6.44. The number of likely N-dealkylation sites (N-methyl/N-ethyl adjacent to an activating group) is 1. The zero-order valence-corrected chi connectivity index (χ0v) is 13.5. The standard InChI is InChI=1S/C16H23N3O3/c1-12-13(4-7-17(12)2)15(21)19-8-5-16(6-9-19)11-18(3)14(20)10-22-16/h4,7H,5-6,8-11H2,1-3H3. The van der Waals surface area contributed by atoms with Gasteiger partial charge in [0, 0.05) is 45.6 Å². The van der Waals surface area contributed by atoms with E-state index >= 15 is 0 Å². The largest absolute Gasteiger partial charge is 0.363 e. The summed E-state index contributed by atoms with van der Waals surface area (Å²) in [7, 11) is 3.76. The first kappa shape index (κ1) is 15.1. The molecule has 0 aromatic carbocycles. The Kier molecular flexibility index (Phi) is 3.72. The van der Waals surface area contributed by atoms with Crippen molar-refractivity contribution in [1.82, 2.24) is 14.4 Å². The molecule has 1 aromatic rings. The molecule has 22 heavy (non-hydrogen) atoms. The van der Waals surface area contributed by atoms with Gasteiger partial charge in [0.05, 0.1) is 11.2 Å². The molecule has 2 fully saturated rings. The Morgan fingerprint density at radius 3 is 2.50 bits per heavy atom. The van der Waals surface area contributed by atoms with Gasteiger partial charge in [0.15, 0.2) is 0 Å². The molecular formula is C16H23N3O3. The molecule has 6 heteroatoms. The molecule has 1 aromatic heterocycles. The Morgan fingerprint density at radius 1 is 1.27 bits per heavy atom. The summed E-state index contributed by atoms with van der Waals surface area (Å²) in [6, 6.07) is 1.88. The minimum absolute atomic E-state index is 0.0315. The third-order valence-corrected chi connectivity index (χ3v) is 5.03. The van der Waals surface area contributed by atoms with E-state index < -0.39 is 0 Å². The predicted octanol–water partition coefficient (Wildman–Crippen LogP) is 0.797. The summed E-state index contributed by atoms with van der Waals surface area (Å²) < 4.78 is 7.78. The van der Waals surface area contributed by atoms with Crippen molar-refractivity contribution in [2.45, 2.75) is 25.4 Å². The molecule has 0 saturated carbocycles. The molecule has 3 heterocycles. The van der Waals surface area contributed by atoms with Gasteiger partial charge in [0.1, 0.15) is 6.61 Å². The highest BCUT2D eigenvalue weighted by molar-refractivity contribution is 5.95. The first-order chi connectivity index (χ1) is 10.4. The first-order valence-electron chi connectivity index (χ1n) is 7.71. The van der Waals surface area contributed by atoms with Crippen molar-refractivity contribution in [3.05, 3.63) is 23.5 Å². The van der Waals surface area contributed by atoms with E-state index in [0.717, 1.165) is 24.1 Å². The van der Waals surface area contributed by atoms with Crippen LogP contribution in [0.15, 0.2) is 12.3 Å². The molecule has 2 aliphatic rings. The lowest BCUT2D eigenvalue weighted by atomic mass is 9.89. The van der Waals surface area contributed by atoms with E-state index in [1.807, 2.05) is 42.7 Å². The van der Waals surface area contributed by atoms with Gasteiger partial charge in [0.25, 0.3) is 5.91 Å². The van der Waals surface area contributed by atoms with Crippen LogP contribution >= 0.6 is 0 Å². The Morgan fingerprint density at radius 2 is 1.95 bits per heavy atom. The molecule has 2 amide bonds. The number of rotatable bonds is 1. The van der Waals surface area contributed by atoms with E-state index in [1.54, 1.807) is 4.90 Å². The second-order valence-corrected chi connectivity index (χ2v) is 6.44. The highest BCUT2D eigenvalue weighted by atomic mass is 16.5. The average molecular weight is 305 g/mol. The highest BCUT2D eigenvalue weighted by Gasteiger charge is 2.42. The van der Waals surface area contributed by atoms with Crippen LogP contribution in [0.5, 0.6) is 0 Å². The molecule has 0 radical (unpaired) electrons. The van der Waals surface area contributed by atoms with Gasteiger partial charge in [-0.15, -0.1) is 0 Å². The van der Waals surface area contributed by atoms with Gasteiger partial charge in [0.2, 0.25) is 5.91 Å². The molecule has 3 rings (SSSR count). The van der Waals surface area contributed by atoms with E-state index in [-0.39, 0.29) is 24.0 Å². The Hall–Kier alpha value is -1.82. The summed E-state index contributed by atoms with van der Waals surface area (Å²) in [6.45, 7) is 4.09. The van der Waals surface area contributed by atoms with Crippen molar-refractivity contribution in [3.63, 3.8) is 0 Å². The Bertz CT molecular complexity index is 600. The fraction of sp³-hybridized carbons (Fsp3) is 0.625. The monoisotopic (exact) mass is 305 g/mol. The van der Waals surface area contributed by atoms with Crippen LogP contribution in [0, 0.1) is 6.92 Å². The highest BCUT2D eigenvalue weighted by Crippen LogP contribution is 2.30. The van der Waals surface area contributed by atoms with Crippen molar-refractivity contribution >= 4 is 11.8 Å². The summed E-state index contributed by atoms with van der Waals surface area (Å²) in [5.74, 6) is 0.122. The third kappa shape index (κ3) is 2.52. The number of aryl methyl sites for hydroxylation is 1. The number of carbonyl (C=O) groups is 2. The lowest BCUT2D eigenvalue weighted by Gasteiger charge is -2.46. The first-order valence-corrected chi connectivity index (χ1v) is 7.71. The van der Waals surface area contributed by atoms with Crippen LogP contribution in [0.25, 0.3) is 0 Å². The van der Waals surface area contributed by atoms with E-state index in [0.29, 0.717) is 19.6 Å². The molecule has 2 aliphatic heterocycles. The molecule has 0 aliphatic carbocycles. The summed E-state index contributed by atoms with van der Waals surface area (Å²) in [4.78, 5) is 27.8. The van der Waals surface area contributed by atoms with Crippen molar-refractivity contribution < 1.29 is 14.3 Å². The fourth-order valence-corrected chi connectivity index (χ4v) is 3.32. The zero-order chi connectivity index (χ0) is 15.9. The van der Waals surface area contributed by atoms with Gasteiger partial charge in [-0.05, 0) is 25.8 Å². The third-order valence-electron chi connectivity index (χ3n) is 5.03. The van der Waals surface area contributed by atoms with Crippen LogP contribution in [0.3, 0.4) is 0 Å². The maximum Gasteiger partial charge on any atom is 0.255 e. The molecule has 120 valence electrons. The fourth-order valence-electron chi connectivity index (χ4n) is 3.32. The molecule has 0 N–H and O–H groups in total. The van der Waals surface area contributed by atoms with Crippen molar-refractivity contribution in [2.24, 2.45) is 7.05 Å². The van der Waals surface area contributed by atoms with Crippen LogP contribution in [-0.4, -0.2) is 65.1 Å². The summed E-state index contributed by atoms with van der Waals surface area (Å²) in [5, 5.41) is 0. The number of hydrogen-bond donors (Lipinski definition) is 0. The predicted molar refractivity (Wildman–Crippen MR) is 81.6 cm³/mol. The number of carbonyl (C=O) groups excluding carboxylic acids is 2. The van der Waals surface area contributed by atoms with Gasteiger partial charge in [-0.2, -0.15) is 0 Å². The van der Waals surface area contributed by atoms with Gasteiger partial charge >= 0.3 is 0 Å². The number of likely N-dealkylation sites (tertiary alicyclic amines) is 1. The van der Waals surface area contributed by atoms with E-state index in [9.17, 15) is 9.59 Å². The molecule has 6 nitrogen and oxygen atoms in total. The molecule has 2 saturated heterocycles. The minimum atomic E-state index is -0.273. The second kappa shape index (κ2) is 5.43. The number of piperidine rings is 1. The molecular weight excluding hydrogens is 282 g/mol. The molecule has 0 atom stereocenters. The number of ether oxygens (including phenoxy) is 1. The number of aromatic nitrogens is 1. The average Bonchev–Trinajstić information content (AvgIpc) is 2.84. The van der Waals surface area contributed by atoms with Crippen LogP contribution in [0.4, 0.5) is 0 Å². The quantitative estimate of drug-likeness (QED) is 0.771. The van der Waals surface area contributed by atoms with E-state index in [1.165, 1.54) is 0 Å². The zero-order valence-electron chi connectivity index (χ0n) is 13.5. The number of amides is 2. The number of nitrogens with zero attached hydrogens (tertiary/aromatic N) is 3. The van der Waals surface area contributed by atoms with Gasteiger partial charge in [-0.3, -0.25) is 9.59 Å². The SMILES string of the molecule is Cc1c(C(=O)N2CCC3(CC2)CN(C)C(=O)CO3)ccn1C. The smallest absolute Gasteiger partial charge is 0.255 e. The summed E-state index contributed by atoms with van der Waals surface area (Å²) in [5.41, 5.74) is 1.49. The minimum Gasteiger partial charge on any atom is -0.363 e. The maximum absolute atomic E-state index is 12.6. The number of morpholine rings is 1. The van der Waals surface area contributed by atoms with Crippen molar-refractivity contribution in [2.75, 3.05) is 33.3 Å². The molecule has 0 bridgehead atoms. The van der Waals surface area contributed by atoms with Crippen LogP contribution in [-0.2, 0) is 16.6 Å². The van der Waals surface area contributed by atoms with Crippen LogP contribution in [0.1, 0.15) is 28.9 Å². The van der Waals surface area contributed by atoms with Gasteiger partial charge in [-0.1, -0.05) is 0 Å². The van der Waals surface area contributed by atoms with Gasteiger partial charge < -0.3 is 19.1 Å².